The minimum Gasteiger partial charge on any atom is -0.335 e. The Kier molecular flexibility index (Phi) is 6.84. The molecule has 0 spiro atoms. The van der Waals surface area contributed by atoms with Crippen LogP contribution in [0.4, 0.5) is 4.79 Å². The summed E-state index contributed by atoms with van der Waals surface area (Å²) in [5.41, 5.74) is 2.70. The average Bonchev–Trinajstić information content (AvgIpc) is 3.31. The SMILES string of the molecule is C=C(C)[C@@H]1CC[C@@H]2CC[C@]3(C)[C@H](CC[C@@H]4[C@@]5(C)C(NC(=O)N6CCN(C)CC6)CCC(C)(C)[C@@H]5CC[C@]43C)[C@H]21. The third-order valence-electron chi connectivity index (χ3n) is 15.0. The number of carbonyl (C=O) groups is 1. The largest absolute Gasteiger partial charge is 0.335 e. The zero-order valence-corrected chi connectivity index (χ0v) is 26.5. The number of carbonyl (C=O) groups excluding carboxylic acids is 1. The first kappa shape index (κ1) is 28.1. The molecule has 1 aliphatic heterocycles. The van der Waals surface area contributed by atoms with Crippen LogP contribution in [0.15, 0.2) is 12.2 Å². The molecule has 1 N–H and O–H groups in total. The number of rotatable bonds is 2. The summed E-state index contributed by atoms with van der Waals surface area (Å²) >= 11 is 0. The maximum Gasteiger partial charge on any atom is 0.317 e. The lowest BCUT2D eigenvalue weighted by molar-refractivity contribution is -0.234. The normalized spacial score (nSPS) is 49.3. The summed E-state index contributed by atoms with van der Waals surface area (Å²) in [7, 11) is 2.17. The molecule has 0 aromatic rings. The average molecular weight is 538 g/mol. The van der Waals surface area contributed by atoms with Gasteiger partial charge in [-0.25, -0.2) is 4.79 Å². The van der Waals surface area contributed by atoms with Gasteiger partial charge in [-0.05, 0) is 135 Å². The van der Waals surface area contributed by atoms with Crippen molar-refractivity contribution in [3.8, 4) is 0 Å². The first-order valence-corrected chi connectivity index (χ1v) is 16.7. The van der Waals surface area contributed by atoms with Crippen molar-refractivity contribution < 1.29 is 4.79 Å². The number of fused-ring (bicyclic) bond motifs is 7. The molecule has 6 rings (SSSR count). The minimum atomic E-state index is 0.158. The van der Waals surface area contributed by atoms with E-state index in [9.17, 15) is 4.79 Å². The fraction of sp³-hybridized carbons (Fsp3) is 0.914. The van der Waals surface area contributed by atoms with Crippen molar-refractivity contribution in [1.29, 1.82) is 0 Å². The van der Waals surface area contributed by atoms with E-state index in [0.29, 0.717) is 34.1 Å². The van der Waals surface area contributed by atoms with Gasteiger partial charge in [0.25, 0.3) is 0 Å². The number of nitrogens with one attached hydrogen (secondary N) is 1. The summed E-state index contributed by atoms with van der Waals surface area (Å²) in [6.07, 6.45) is 13.5. The molecule has 6 aliphatic rings. The van der Waals surface area contributed by atoms with Crippen LogP contribution >= 0.6 is 0 Å². The van der Waals surface area contributed by atoms with Gasteiger partial charge < -0.3 is 15.1 Å². The first-order valence-electron chi connectivity index (χ1n) is 16.7. The van der Waals surface area contributed by atoms with E-state index in [4.69, 9.17) is 0 Å². The van der Waals surface area contributed by atoms with Gasteiger partial charge in [0, 0.05) is 32.2 Å². The van der Waals surface area contributed by atoms with Crippen LogP contribution in [0.2, 0.25) is 0 Å². The molecule has 0 radical (unpaired) electrons. The zero-order valence-electron chi connectivity index (χ0n) is 26.5. The molecule has 5 saturated carbocycles. The fourth-order valence-corrected chi connectivity index (χ4v) is 12.7. The highest BCUT2D eigenvalue weighted by atomic mass is 16.2. The highest BCUT2D eigenvalue weighted by Gasteiger charge is 2.70. The zero-order chi connectivity index (χ0) is 28.0. The maximum atomic E-state index is 13.7. The van der Waals surface area contributed by atoms with E-state index in [1.807, 2.05) is 0 Å². The lowest BCUT2D eigenvalue weighted by Crippen LogP contribution is -2.70. The quantitative estimate of drug-likeness (QED) is 0.368. The van der Waals surface area contributed by atoms with Crippen LogP contribution in [-0.2, 0) is 0 Å². The maximum absolute atomic E-state index is 13.7. The Hall–Kier alpha value is -1.03. The molecule has 2 amide bonds. The Morgan fingerprint density at radius 3 is 2.18 bits per heavy atom. The molecule has 1 unspecified atom stereocenters. The number of likely N-dealkylation sites (N-methyl/N-ethyl adjacent to an activating group) is 1. The van der Waals surface area contributed by atoms with Crippen molar-refractivity contribution in [2.45, 2.75) is 112 Å². The summed E-state index contributed by atoms with van der Waals surface area (Å²) < 4.78 is 0. The Morgan fingerprint density at radius 2 is 1.49 bits per heavy atom. The smallest absolute Gasteiger partial charge is 0.317 e. The van der Waals surface area contributed by atoms with E-state index >= 15 is 0 Å². The van der Waals surface area contributed by atoms with Gasteiger partial charge in [-0.1, -0.05) is 46.8 Å². The van der Waals surface area contributed by atoms with Crippen molar-refractivity contribution in [3.05, 3.63) is 12.2 Å². The van der Waals surface area contributed by atoms with Crippen LogP contribution in [0.5, 0.6) is 0 Å². The van der Waals surface area contributed by atoms with Gasteiger partial charge in [0.2, 0.25) is 0 Å². The topological polar surface area (TPSA) is 35.6 Å². The third-order valence-corrected chi connectivity index (χ3v) is 15.0. The Bertz CT molecular complexity index is 982. The van der Waals surface area contributed by atoms with Gasteiger partial charge in [-0.2, -0.15) is 0 Å². The van der Waals surface area contributed by atoms with Crippen molar-refractivity contribution in [2.75, 3.05) is 33.2 Å². The van der Waals surface area contributed by atoms with Crippen LogP contribution < -0.4 is 5.32 Å². The molecule has 10 atom stereocenters. The van der Waals surface area contributed by atoms with Gasteiger partial charge in [-0.3, -0.25) is 0 Å². The van der Waals surface area contributed by atoms with Gasteiger partial charge in [-0.15, -0.1) is 0 Å². The van der Waals surface area contributed by atoms with Crippen molar-refractivity contribution in [3.63, 3.8) is 0 Å². The Balaban J connectivity index is 1.33. The molecular weight excluding hydrogens is 478 g/mol. The van der Waals surface area contributed by atoms with Crippen LogP contribution in [0, 0.1) is 57.2 Å². The molecule has 220 valence electrons. The van der Waals surface area contributed by atoms with Gasteiger partial charge in [0.1, 0.15) is 0 Å². The Morgan fingerprint density at radius 1 is 0.795 bits per heavy atom. The molecule has 1 saturated heterocycles. The van der Waals surface area contributed by atoms with Crippen molar-refractivity contribution >= 4 is 6.03 Å². The second-order valence-corrected chi connectivity index (χ2v) is 16.8. The van der Waals surface area contributed by atoms with E-state index in [2.05, 4.69) is 70.3 Å². The predicted molar refractivity (Wildman–Crippen MR) is 161 cm³/mol. The number of piperazine rings is 1. The molecule has 4 nitrogen and oxygen atoms in total. The summed E-state index contributed by atoms with van der Waals surface area (Å²) in [5, 5.41) is 3.73. The van der Waals surface area contributed by atoms with Crippen LogP contribution in [0.1, 0.15) is 106 Å². The lowest BCUT2D eigenvalue weighted by atomic mass is 9.32. The van der Waals surface area contributed by atoms with Crippen LogP contribution in [0.25, 0.3) is 0 Å². The van der Waals surface area contributed by atoms with E-state index in [-0.39, 0.29) is 11.4 Å². The number of hydrogen-bond acceptors (Lipinski definition) is 2. The summed E-state index contributed by atoms with van der Waals surface area (Å²) in [6, 6.07) is 0.495. The fourth-order valence-electron chi connectivity index (χ4n) is 12.7. The third kappa shape index (κ3) is 4.03. The summed E-state index contributed by atoms with van der Waals surface area (Å²) in [5.74, 6) is 4.75. The molecule has 6 fully saturated rings. The van der Waals surface area contributed by atoms with E-state index in [0.717, 1.165) is 56.3 Å². The number of allylic oxidation sites excluding steroid dienone is 1. The van der Waals surface area contributed by atoms with E-state index in [1.165, 1.54) is 63.4 Å². The minimum absolute atomic E-state index is 0.158. The number of nitrogens with zero attached hydrogens (tertiary/aromatic N) is 2. The van der Waals surface area contributed by atoms with E-state index in [1.54, 1.807) is 0 Å². The summed E-state index contributed by atoms with van der Waals surface area (Å²) in [6.45, 7) is 23.7. The Labute approximate surface area is 240 Å². The second-order valence-electron chi connectivity index (χ2n) is 16.8. The monoisotopic (exact) mass is 537 g/mol. The van der Waals surface area contributed by atoms with Gasteiger partial charge in [0.05, 0.1) is 0 Å². The summed E-state index contributed by atoms with van der Waals surface area (Å²) in [4.78, 5) is 18.1. The van der Waals surface area contributed by atoms with E-state index < -0.39 is 0 Å². The van der Waals surface area contributed by atoms with Crippen LogP contribution in [-0.4, -0.2) is 55.1 Å². The molecule has 4 heteroatoms. The second kappa shape index (κ2) is 9.50. The molecule has 0 aromatic carbocycles. The molecule has 1 heterocycles. The molecule has 0 bridgehead atoms. The number of amides is 2. The van der Waals surface area contributed by atoms with Crippen LogP contribution in [0.3, 0.4) is 0 Å². The predicted octanol–water partition coefficient (Wildman–Crippen LogP) is 7.60. The standard InChI is InChI=1S/C35H59N3O/c1-23(2)25-10-9-24-13-17-33(5)26(30(24)25)11-12-28-34(33,6)18-14-27-32(3,4)16-15-29(35(27,28)7)36-31(39)38-21-19-37(8)20-22-38/h24-30H,1,9-22H2,2-8H3,(H,36,39)/t24-,25+,26-,27+,28+,29?,30-,33-,34-,35+/m1/s1. The molecule has 39 heavy (non-hydrogen) atoms. The van der Waals surface area contributed by atoms with Gasteiger partial charge in [0.15, 0.2) is 0 Å². The number of hydrogen-bond donors (Lipinski definition) is 1. The molecule has 5 aliphatic carbocycles. The molecular formula is C35H59N3O. The van der Waals surface area contributed by atoms with Crippen molar-refractivity contribution in [1.82, 2.24) is 15.1 Å². The lowest BCUT2D eigenvalue weighted by Gasteiger charge is -2.73. The first-order chi connectivity index (χ1) is 18.3. The van der Waals surface area contributed by atoms with Gasteiger partial charge >= 0.3 is 6.03 Å². The highest BCUT2D eigenvalue weighted by Crippen LogP contribution is 2.76. The molecule has 0 aromatic heterocycles. The van der Waals surface area contributed by atoms with Crippen molar-refractivity contribution in [2.24, 2.45) is 57.2 Å². The number of urea groups is 1. The highest BCUT2D eigenvalue weighted by molar-refractivity contribution is 5.74.